The molecular formula is C25H23N5O5. The summed E-state index contributed by atoms with van der Waals surface area (Å²) in [5.41, 5.74) is 2.09. The molecule has 178 valence electrons. The number of esters is 1. The number of hydrogen-bond acceptors (Lipinski definition) is 8. The van der Waals surface area contributed by atoms with Crippen LogP contribution in [-0.2, 0) is 9.53 Å². The molecule has 2 aromatic carbocycles. The standard InChI is InChI=1S/C25H23N5O5/c1-3-34-25(31)19-12-14-29(15-13-19)23-22(30(32)33)24(28-16-27-23)35-21-10-6-18(7-11-21)17-4-8-20(26-2)9-5-17/h4-11,16,19H,3,12-15H2,1H3. The van der Waals surface area contributed by atoms with Crippen LogP contribution in [-0.4, -0.2) is 40.6 Å². The van der Waals surface area contributed by atoms with Crippen molar-refractivity contribution in [2.45, 2.75) is 19.8 Å². The van der Waals surface area contributed by atoms with Crippen LogP contribution in [0, 0.1) is 22.6 Å². The second-order valence-electron chi connectivity index (χ2n) is 7.91. The van der Waals surface area contributed by atoms with Crippen LogP contribution >= 0.6 is 0 Å². The van der Waals surface area contributed by atoms with Crippen molar-refractivity contribution in [2.75, 3.05) is 24.6 Å². The van der Waals surface area contributed by atoms with Gasteiger partial charge in [0.1, 0.15) is 12.1 Å². The molecule has 10 heteroatoms. The third-order valence-electron chi connectivity index (χ3n) is 5.76. The van der Waals surface area contributed by atoms with Crippen LogP contribution in [0.15, 0.2) is 54.9 Å². The fourth-order valence-corrected chi connectivity index (χ4v) is 3.96. The lowest BCUT2D eigenvalue weighted by Crippen LogP contribution is -2.37. The van der Waals surface area contributed by atoms with Gasteiger partial charge in [0.15, 0.2) is 5.69 Å². The third kappa shape index (κ3) is 5.35. The van der Waals surface area contributed by atoms with Crippen molar-refractivity contribution in [3.05, 3.63) is 76.4 Å². The van der Waals surface area contributed by atoms with E-state index in [0.717, 1.165) is 11.1 Å². The summed E-state index contributed by atoms with van der Waals surface area (Å²) in [5, 5.41) is 11.9. The predicted molar refractivity (Wildman–Crippen MR) is 128 cm³/mol. The van der Waals surface area contributed by atoms with Gasteiger partial charge in [-0.2, -0.15) is 4.98 Å². The van der Waals surface area contributed by atoms with E-state index in [1.165, 1.54) is 6.33 Å². The summed E-state index contributed by atoms with van der Waals surface area (Å²) in [7, 11) is 0. The van der Waals surface area contributed by atoms with E-state index >= 15 is 0 Å². The summed E-state index contributed by atoms with van der Waals surface area (Å²) >= 11 is 0. The highest BCUT2D eigenvalue weighted by atomic mass is 16.6. The first-order chi connectivity index (χ1) is 17.0. The number of ether oxygens (including phenoxy) is 2. The van der Waals surface area contributed by atoms with Crippen molar-refractivity contribution >= 4 is 23.2 Å². The average molecular weight is 473 g/mol. The SMILES string of the molecule is [C-]#[N+]c1ccc(-c2ccc(Oc3ncnc(N4CCC(C(=O)OCC)CC4)c3[N+](=O)[O-])cc2)cc1. The lowest BCUT2D eigenvalue weighted by Gasteiger charge is -2.31. The van der Waals surface area contributed by atoms with E-state index in [4.69, 9.17) is 16.0 Å². The molecule has 0 radical (unpaired) electrons. The lowest BCUT2D eigenvalue weighted by atomic mass is 9.97. The molecule has 0 bridgehead atoms. The van der Waals surface area contributed by atoms with Crippen molar-refractivity contribution in [1.82, 2.24) is 9.97 Å². The molecule has 1 aliphatic rings. The predicted octanol–water partition coefficient (Wildman–Crippen LogP) is 5.17. The van der Waals surface area contributed by atoms with Crippen LogP contribution in [0.1, 0.15) is 19.8 Å². The Kier molecular flexibility index (Phi) is 7.16. The highest BCUT2D eigenvalue weighted by Gasteiger charge is 2.33. The van der Waals surface area contributed by atoms with Gasteiger partial charge in [-0.1, -0.05) is 36.4 Å². The highest BCUT2D eigenvalue weighted by molar-refractivity contribution is 5.73. The molecule has 10 nitrogen and oxygen atoms in total. The average Bonchev–Trinajstić information content (AvgIpc) is 2.89. The number of rotatable bonds is 7. The second kappa shape index (κ2) is 10.6. The smallest absolute Gasteiger partial charge is 0.373 e. The van der Waals surface area contributed by atoms with Gasteiger partial charge >= 0.3 is 17.5 Å². The molecular weight excluding hydrogens is 450 g/mol. The molecule has 0 unspecified atom stereocenters. The van der Waals surface area contributed by atoms with Crippen LogP contribution in [0.3, 0.4) is 0 Å². The van der Waals surface area contributed by atoms with Crippen molar-refractivity contribution in [3.8, 4) is 22.8 Å². The van der Waals surface area contributed by atoms with E-state index in [1.54, 1.807) is 36.1 Å². The van der Waals surface area contributed by atoms with Crippen LogP contribution in [0.25, 0.3) is 16.0 Å². The zero-order chi connectivity index (χ0) is 24.8. The van der Waals surface area contributed by atoms with Crippen molar-refractivity contribution in [2.24, 2.45) is 5.92 Å². The molecule has 4 rings (SSSR count). The number of benzene rings is 2. The Balaban J connectivity index is 1.52. The molecule has 0 aliphatic carbocycles. The van der Waals surface area contributed by atoms with E-state index in [1.807, 2.05) is 24.3 Å². The topological polar surface area (TPSA) is 112 Å². The summed E-state index contributed by atoms with van der Waals surface area (Å²) in [6.45, 7) is 10.0. The molecule has 1 aliphatic heterocycles. The molecule has 1 aromatic heterocycles. The molecule has 3 aromatic rings. The Morgan fingerprint density at radius 1 is 1.11 bits per heavy atom. The number of nitro groups is 1. The Hall–Kier alpha value is -4.52. The summed E-state index contributed by atoms with van der Waals surface area (Å²) in [6, 6.07) is 14.3. The van der Waals surface area contributed by atoms with Crippen molar-refractivity contribution in [1.29, 1.82) is 0 Å². The number of carbonyl (C=O) groups is 1. The minimum atomic E-state index is -0.546. The van der Waals surface area contributed by atoms with Crippen molar-refractivity contribution < 1.29 is 19.2 Å². The van der Waals surface area contributed by atoms with Gasteiger partial charge in [0.25, 0.3) is 0 Å². The first kappa shape index (κ1) is 23.6. The van der Waals surface area contributed by atoms with Gasteiger partial charge in [-0.15, -0.1) is 0 Å². The lowest BCUT2D eigenvalue weighted by molar-refractivity contribution is -0.385. The third-order valence-corrected chi connectivity index (χ3v) is 5.76. The van der Waals surface area contributed by atoms with Gasteiger partial charge < -0.3 is 14.4 Å². The Morgan fingerprint density at radius 3 is 2.31 bits per heavy atom. The van der Waals surface area contributed by atoms with Crippen LogP contribution in [0.4, 0.5) is 17.2 Å². The molecule has 2 heterocycles. The Bertz CT molecular complexity index is 1250. The Morgan fingerprint density at radius 2 is 1.74 bits per heavy atom. The molecule has 1 saturated heterocycles. The van der Waals surface area contributed by atoms with Crippen LogP contribution < -0.4 is 9.64 Å². The molecule has 0 N–H and O–H groups in total. The summed E-state index contributed by atoms with van der Waals surface area (Å²) in [6.07, 6.45) is 2.28. The number of anilines is 1. The molecule has 1 fully saturated rings. The van der Waals surface area contributed by atoms with Gasteiger partial charge in [0.05, 0.1) is 24.0 Å². The highest BCUT2D eigenvalue weighted by Crippen LogP contribution is 2.38. The Labute approximate surface area is 202 Å². The van der Waals surface area contributed by atoms with Gasteiger partial charge in [-0.3, -0.25) is 14.9 Å². The van der Waals surface area contributed by atoms with E-state index in [2.05, 4.69) is 14.8 Å². The van der Waals surface area contributed by atoms with Gasteiger partial charge in [0.2, 0.25) is 5.82 Å². The maximum absolute atomic E-state index is 12.0. The molecule has 0 spiro atoms. The summed E-state index contributed by atoms with van der Waals surface area (Å²) in [4.78, 5) is 36.7. The van der Waals surface area contributed by atoms with Crippen LogP contribution in [0.2, 0.25) is 0 Å². The van der Waals surface area contributed by atoms with Gasteiger partial charge in [-0.05, 0) is 43.0 Å². The fraction of sp³-hybridized carbons (Fsp3) is 0.280. The number of nitrogens with zero attached hydrogens (tertiary/aromatic N) is 5. The molecule has 0 atom stereocenters. The van der Waals surface area contributed by atoms with Gasteiger partial charge in [0, 0.05) is 13.1 Å². The zero-order valence-corrected chi connectivity index (χ0v) is 19.1. The first-order valence-corrected chi connectivity index (χ1v) is 11.2. The second-order valence-corrected chi connectivity index (χ2v) is 7.91. The quantitative estimate of drug-likeness (QED) is 0.200. The molecule has 0 saturated carbocycles. The van der Waals surface area contributed by atoms with Crippen molar-refractivity contribution in [3.63, 3.8) is 0 Å². The number of hydrogen-bond donors (Lipinski definition) is 0. The molecule has 0 amide bonds. The minimum absolute atomic E-state index is 0.151. The van der Waals surface area contributed by atoms with Crippen LogP contribution in [0.5, 0.6) is 11.6 Å². The van der Waals surface area contributed by atoms with E-state index in [0.29, 0.717) is 44.0 Å². The van der Waals surface area contributed by atoms with E-state index in [-0.39, 0.29) is 29.3 Å². The van der Waals surface area contributed by atoms with E-state index in [9.17, 15) is 14.9 Å². The fourth-order valence-electron chi connectivity index (χ4n) is 3.96. The molecule has 35 heavy (non-hydrogen) atoms. The largest absolute Gasteiger partial charge is 0.466 e. The monoisotopic (exact) mass is 473 g/mol. The summed E-state index contributed by atoms with van der Waals surface area (Å²) < 4.78 is 10.9. The maximum Gasteiger partial charge on any atom is 0.373 e. The number of aromatic nitrogens is 2. The minimum Gasteiger partial charge on any atom is -0.466 e. The number of piperidine rings is 1. The first-order valence-electron chi connectivity index (χ1n) is 11.2. The zero-order valence-electron chi connectivity index (χ0n) is 19.1. The van der Waals surface area contributed by atoms with Gasteiger partial charge in [-0.25, -0.2) is 9.83 Å². The van der Waals surface area contributed by atoms with E-state index < -0.39 is 4.92 Å². The summed E-state index contributed by atoms with van der Waals surface area (Å²) in [5.74, 6) is -0.0566. The maximum atomic E-state index is 12.0. The normalized spacial score (nSPS) is 13.7. The number of carbonyl (C=O) groups excluding carboxylic acids is 1.